The molecule has 0 radical (unpaired) electrons. The number of benzene rings is 1. The van der Waals surface area contributed by atoms with E-state index in [1.165, 1.54) is 12.7 Å². The number of phenols is 1. The molecular formula is C14H20O3. The lowest BCUT2D eigenvalue weighted by Gasteiger charge is -2.25. The van der Waals surface area contributed by atoms with Crippen LogP contribution in [0.15, 0.2) is 24.3 Å². The lowest BCUT2D eigenvalue weighted by atomic mass is 9.80. The third kappa shape index (κ3) is 4.10. The van der Waals surface area contributed by atoms with Gasteiger partial charge in [0.1, 0.15) is 5.75 Å². The van der Waals surface area contributed by atoms with Crippen molar-refractivity contribution in [3.05, 3.63) is 29.8 Å². The quantitative estimate of drug-likeness (QED) is 0.799. The summed E-state index contributed by atoms with van der Waals surface area (Å²) in [7, 11) is 1.41. The molecule has 0 aliphatic rings. The number of hydrogen-bond donors (Lipinski definition) is 1. The van der Waals surface area contributed by atoms with E-state index in [1.807, 2.05) is 12.1 Å². The first kappa shape index (κ1) is 13.6. The van der Waals surface area contributed by atoms with Crippen LogP contribution >= 0.6 is 0 Å². The minimum absolute atomic E-state index is 0.00171. The van der Waals surface area contributed by atoms with Crippen molar-refractivity contribution in [2.24, 2.45) is 0 Å². The standard InChI is InChI=1S/C14H20O3/c1-14(2,10-4-5-13(16)17-3)11-6-8-12(15)9-7-11/h6-9,15H,4-5,10H2,1-3H3. The molecule has 0 spiro atoms. The molecule has 0 atom stereocenters. The molecule has 94 valence electrons. The number of aromatic hydroxyl groups is 1. The van der Waals surface area contributed by atoms with Crippen molar-refractivity contribution in [1.82, 2.24) is 0 Å². The van der Waals surface area contributed by atoms with Crippen LogP contribution in [0.2, 0.25) is 0 Å². The number of hydrogen-bond acceptors (Lipinski definition) is 3. The zero-order valence-electron chi connectivity index (χ0n) is 10.7. The van der Waals surface area contributed by atoms with E-state index in [-0.39, 0.29) is 17.1 Å². The molecule has 0 bridgehead atoms. The molecule has 0 amide bonds. The van der Waals surface area contributed by atoms with Crippen LogP contribution in [0.5, 0.6) is 5.75 Å². The van der Waals surface area contributed by atoms with Gasteiger partial charge in [0, 0.05) is 6.42 Å². The van der Waals surface area contributed by atoms with E-state index in [4.69, 9.17) is 0 Å². The Kier molecular flexibility index (Phi) is 4.55. The maximum absolute atomic E-state index is 11.0. The average Bonchev–Trinajstić information content (AvgIpc) is 2.29. The summed E-state index contributed by atoms with van der Waals surface area (Å²) < 4.78 is 4.61. The summed E-state index contributed by atoms with van der Waals surface area (Å²) >= 11 is 0. The average molecular weight is 236 g/mol. The minimum atomic E-state index is -0.161. The molecule has 0 fully saturated rings. The number of phenolic OH excluding ortho intramolecular Hbond substituents is 1. The van der Waals surface area contributed by atoms with Gasteiger partial charge in [0.05, 0.1) is 7.11 Å². The SMILES string of the molecule is COC(=O)CCCC(C)(C)c1ccc(O)cc1. The summed E-state index contributed by atoms with van der Waals surface area (Å²) in [5, 5.41) is 9.24. The molecule has 1 N–H and O–H groups in total. The Balaban J connectivity index is 2.56. The van der Waals surface area contributed by atoms with E-state index < -0.39 is 0 Å². The number of carbonyl (C=O) groups excluding carboxylic acids is 1. The molecule has 17 heavy (non-hydrogen) atoms. The summed E-state index contributed by atoms with van der Waals surface area (Å²) in [6.07, 6.45) is 2.17. The second kappa shape index (κ2) is 5.71. The Morgan fingerprint density at radius 2 is 1.88 bits per heavy atom. The molecule has 0 unspecified atom stereocenters. The topological polar surface area (TPSA) is 46.5 Å². The van der Waals surface area contributed by atoms with Crippen molar-refractivity contribution >= 4 is 5.97 Å². The van der Waals surface area contributed by atoms with Gasteiger partial charge in [0.15, 0.2) is 0 Å². The van der Waals surface area contributed by atoms with E-state index in [0.29, 0.717) is 6.42 Å². The second-order valence-corrected chi connectivity index (χ2v) is 4.86. The second-order valence-electron chi connectivity index (χ2n) is 4.86. The largest absolute Gasteiger partial charge is 0.508 e. The third-order valence-electron chi connectivity index (χ3n) is 3.06. The van der Waals surface area contributed by atoms with Crippen LogP contribution in [0, 0.1) is 0 Å². The van der Waals surface area contributed by atoms with Gasteiger partial charge in [-0.2, -0.15) is 0 Å². The molecular weight excluding hydrogens is 216 g/mol. The highest BCUT2D eigenvalue weighted by molar-refractivity contribution is 5.69. The molecule has 0 saturated heterocycles. The Hall–Kier alpha value is -1.51. The molecule has 0 saturated carbocycles. The fourth-order valence-electron chi connectivity index (χ4n) is 1.83. The zero-order valence-corrected chi connectivity index (χ0v) is 10.7. The van der Waals surface area contributed by atoms with Gasteiger partial charge in [0.2, 0.25) is 0 Å². The van der Waals surface area contributed by atoms with E-state index >= 15 is 0 Å². The zero-order chi connectivity index (χ0) is 12.9. The van der Waals surface area contributed by atoms with Crippen molar-refractivity contribution in [1.29, 1.82) is 0 Å². The van der Waals surface area contributed by atoms with E-state index in [9.17, 15) is 9.90 Å². The van der Waals surface area contributed by atoms with Crippen molar-refractivity contribution in [2.75, 3.05) is 7.11 Å². The Morgan fingerprint density at radius 1 is 1.29 bits per heavy atom. The minimum Gasteiger partial charge on any atom is -0.508 e. The van der Waals surface area contributed by atoms with Crippen molar-refractivity contribution in [2.45, 2.75) is 38.5 Å². The van der Waals surface area contributed by atoms with Crippen molar-refractivity contribution < 1.29 is 14.6 Å². The lowest BCUT2D eigenvalue weighted by molar-refractivity contribution is -0.140. The van der Waals surface area contributed by atoms with Gasteiger partial charge in [-0.3, -0.25) is 4.79 Å². The Labute approximate surface area is 102 Å². The van der Waals surface area contributed by atoms with E-state index in [1.54, 1.807) is 12.1 Å². The normalized spacial score (nSPS) is 11.2. The van der Waals surface area contributed by atoms with Gasteiger partial charge in [-0.15, -0.1) is 0 Å². The summed E-state index contributed by atoms with van der Waals surface area (Å²) in [6, 6.07) is 7.23. The fourth-order valence-corrected chi connectivity index (χ4v) is 1.83. The predicted molar refractivity (Wildman–Crippen MR) is 67.0 cm³/mol. The van der Waals surface area contributed by atoms with Gasteiger partial charge in [-0.1, -0.05) is 26.0 Å². The van der Waals surface area contributed by atoms with Crippen molar-refractivity contribution in [3.8, 4) is 5.75 Å². The highest BCUT2D eigenvalue weighted by Crippen LogP contribution is 2.30. The highest BCUT2D eigenvalue weighted by Gasteiger charge is 2.20. The van der Waals surface area contributed by atoms with E-state index in [0.717, 1.165) is 12.8 Å². The number of carbonyl (C=O) groups is 1. The highest BCUT2D eigenvalue weighted by atomic mass is 16.5. The summed E-state index contributed by atoms with van der Waals surface area (Å²) in [6.45, 7) is 4.27. The molecule has 0 heterocycles. The summed E-state index contributed by atoms with van der Waals surface area (Å²) in [5.74, 6) is 0.116. The van der Waals surface area contributed by atoms with Gasteiger partial charge in [0.25, 0.3) is 0 Å². The summed E-state index contributed by atoms with van der Waals surface area (Å²) in [5.41, 5.74) is 1.17. The number of esters is 1. The molecule has 1 aromatic carbocycles. The molecule has 0 aliphatic carbocycles. The van der Waals surface area contributed by atoms with Crippen LogP contribution in [0.25, 0.3) is 0 Å². The van der Waals surface area contributed by atoms with Crippen LogP contribution in [-0.2, 0) is 14.9 Å². The van der Waals surface area contributed by atoms with Crippen LogP contribution in [0.4, 0.5) is 0 Å². The molecule has 1 rings (SSSR count). The first-order valence-corrected chi connectivity index (χ1v) is 5.82. The molecule has 3 heteroatoms. The first-order chi connectivity index (χ1) is 7.95. The Bertz CT molecular complexity index is 366. The molecule has 0 aliphatic heterocycles. The Morgan fingerprint density at radius 3 is 2.41 bits per heavy atom. The smallest absolute Gasteiger partial charge is 0.305 e. The maximum Gasteiger partial charge on any atom is 0.305 e. The molecule has 3 nitrogen and oxygen atoms in total. The van der Waals surface area contributed by atoms with Crippen molar-refractivity contribution in [3.63, 3.8) is 0 Å². The predicted octanol–water partition coefficient (Wildman–Crippen LogP) is 3.01. The van der Waals surface area contributed by atoms with Gasteiger partial charge >= 0.3 is 5.97 Å². The van der Waals surface area contributed by atoms with Gasteiger partial charge < -0.3 is 9.84 Å². The monoisotopic (exact) mass is 236 g/mol. The maximum atomic E-state index is 11.0. The van der Waals surface area contributed by atoms with Crippen LogP contribution in [0.1, 0.15) is 38.7 Å². The number of rotatable bonds is 5. The fraction of sp³-hybridized carbons (Fsp3) is 0.500. The first-order valence-electron chi connectivity index (χ1n) is 5.82. The lowest BCUT2D eigenvalue weighted by Crippen LogP contribution is -2.17. The third-order valence-corrected chi connectivity index (χ3v) is 3.06. The number of ether oxygens (including phenoxy) is 1. The number of methoxy groups -OCH3 is 1. The summed E-state index contributed by atoms with van der Waals surface area (Å²) in [4.78, 5) is 11.0. The van der Waals surface area contributed by atoms with E-state index in [2.05, 4.69) is 18.6 Å². The van der Waals surface area contributed by atoms with Crippen LogP contribution < -0.4 is 0 Å². The van der Waals surface area contributed by atoms with Gasteiger partial charge in [-0.05, 0) is 36.0 Å². The molecule has 0 aromatic heterocycles. The van der Waals surface area contributed by atoms with Crippen LogP contribution in [-0.4, -0.2) is 18.2 Å². The molecule has 1 aromatic rings. The van der Waals surface area contributed by atoms with Crippen LogP contribution in [0.3, 0.4) is 0 Å². The van der Waals surface area contributed by atoms with Gasteiger partial charge in [-0.25, -0.2) is 0 Å².